The summed E-state index contributed by atoms with van der Waals surface area (Å²) in [5, 5.41) is 4.09. The van der Waals surface area contributed by atoms with Gasteiger partial charge in [-0.3, -0.25) is 4.79 Å². The average Bonchev–Trinajstić information content (AvgIpc) is 2.97. The van der Waals surface area contributed by atoms with E-state index in [1.165, 1.54) is 11.3 Å². The Balaban J connectivity index is 1.91. The first-order valence-electron chi connectivity index (χ1n) is 7.36. The Kier molecular flexibility index (Phi) is 5.01. The van der Waals surface area contributed by atoms with Gasteiger partial charge in [-0.05, 0) is 30.3 Å². The highest BCUT2D eigenvalue weighted by Gasteiger charge is 2.18. The molecule has 1 amide bonds. The lowest BCUT2D eigenvalue weighted by atomic mass is 10.2. The van der Waals surface area contributed by atoms with Gasteiger partial charge in [-0.25, -0.2) is 0 Å². The number of amides is 1. The van der Waals surface area contributed by atoms with Crippen LogP contribution in [0.4, 0.5) is 5.69 Å². The molecule has 0 fully saturated rings. The summed E-state index contributed by atoms with van der Waals surface area (Å²) in [6, 6.07) is 10.7. The summed E-state index contributed by atoms with van der Waals surface area (Å²) < 4.78 is 16.5. The van der Waals surface area contributed by atoms with E-state index in [1.54, 1.807) is 39.5 Å². The Morgan fingerprint density at radius 1 is 1.00 bits per heavy atom. The second-order valence-electron chi connectivity index (χ2n) is 5.13. The third kappa shape index (κ3) is 3.36. The molecule has 130 valence electrons. The predicted molar refractivity (Wildman–Crippen MR) is 101 cm³/mol. The van der Waals surface area contributed by atoms with Crippen LogP contribution >= 0.6 is 22.9 Å². The van der Waals surface area contributed by atoms with Crippen LogP contribution in [-0.2, 0) is 0 Å². The van der Waals surface area contributed by atoms with Crippen molar-refractivity contribution in [3.8, 4) is 17.2 Å². The molecule has 1 heterocycles. The number of hydrogen-bond donors (Lipinski definition) is 1. The van der Waals surface area contributed by atoms with Crippen molar-refractivity contribution in [1.29, 1.82) is 0 Å². The van der Waals surface area contributed by atoms with Gasteiger partial charge in [0.1, 0.15) is 10.6 Å². The monoisotopic (exact) mass is 377 g/mol. The second-order valence-corrected chi connectivity index (χ2v) is 6.56. The number of carbonyl (C=O) groups excluding carboxylic acids is 1. The molecular weight excluding hydrogens is 362 g/mol. The van der Waals surface area contributed by atoms with E-state index in [0.29, 0.717) is 27.1 Å². The predicted octanol–water partition coefficient (Wildman–Crippen LogP) is 4.83. The van der Waals surface area contributed by atoms with Crippen LogP contribution in [0.1, 0.15) is 9.67 Å². The van der Waals surface area contributed by atoms with Gasteiger partial charge in [-0.15, -0.1) is 11.3 Å². The van der Waals surface area contributed by atoms with E-state index < -0.39 is 0 Å². The van der Waals surface area contributed by atoms with Crippen molar-refractivity contribution >= 4 is 44.6 Å². The van der Waals surface area contributed by atoms with Crippen molar-refractivity contribution < 1.29 is 19.0 Å². The van der Waals surface area contributed by atoms with Gasteiger partial charge in [-0.2, -0.15) is 0 Å². The lowest BCUT2D eigenvalue weighted by Crippen LogP contribution is -2.10. The zero-order chi connectivity index (χ0) is 18.0. The molecule has 7 heteroatoms. The Morgan fingerprint density at radius 2 is 1.76 bits per heavy atom. The molecule has 3 rings (SSSR count). The smallest absolute Gasteiger partial charge is 0.267 e. The molecule has 0 saturated carbocycles. The van der Waals surface area contributed by atoms with E-state index in [-0.39, 0.29) is 5.91 Å². The Labute approximate surface area is 154 Å². The molecule has 1 aromatic heterocycles. The van der Waals surface area contributed by atoms with Crippen LogP contribution in [0, 0.1) is 0 Å². The quantitative estimate of drug-likeness (QED) is 0.691. The van der Waals surface area contributed by atoms with E-state index in [0.717, 1.165) is 15.8 Å². The average molecular weight is 378 g/mol. The molecule has 0 saturated heterocycles. The molecule has 5 nitrogen and oxygen atoms in total. The molecule has 0 unspecified atom stereocenters. The van der Waals surface area contributed by atoms with Gasteiger partial charge in [0, 0.05) is 21.8 Å². The Hall–Kier alpha value is -2.44. The zero-order valence-corrected chi connectivity index (χ0v) is 15.5. The minimum absolute atomic E-state index is 0.280. The van der Waals surface area contributed by atoms with Crippen molar-refractivity contribution in [2.75, 3.05) is 26.6 Å². The highest BCUT2D eigenvalue weighted by Crippen LogP contribution is 2.38. The largest absolute Gasteiger partial charge is 0.497 e. The van der Waals surface area contributed by atoms with Gasteiger partial charge in [0.05, 0.1) is 26.4 Å². The van der Waals surface area contributed by atoms with Gasteiger partial charge in [-0.1, -0.05) is 11.6 Å². The van der Waals surface area contributed by atoms with Crippen molar-refractivity contribution in [3.63, 3.8) is 0 Å². The van der Waals surface area contributed by atoms with Gasteiger partial charge in [0.25, 0.3) is 5.91 Å². The molecule has 0 atom stereocenters. The maximum absolute atomic E-state index is 12.6. The maximum Gasteiger partial charge on any atom is 0.267 e. The first kappa shape index (κ1) is 17.4. The van der Waals surface area contributed by atoms with E-state index in [9.17, 15) is 4.79 Å². The molecule has 25 heavy (non-hydrogen) atoms. The first-order valence-corrected chi connectivity index (χ1v) is 8.56. The van der Waals surface area contributed by atoms with Crippen molar-refractivity contribution in [2.45, 2.75) is 0 Å². The van der Waals surface area contributed by atoms with Crippen molar-refractivity contribution in [2.24, 2.45) is 0 Å². The molecule has 3 aromatic rings. The van der Waals surface area contributed by atoms with E-state index in [4.69, 9.17) is 25.8 Å². The summed E-state index contributed by atoms with van der Waals surface area (Å²) in [6.07, 6.45) is 0. The fraction of sp³-hybridized carbons (Fsp3) is 0.167. The number of halogens is 1. The van der Waals surface area contributed by atoms with Gasteiger partial charge in [0.2, 0.25) is 0 Å². The minimum atomic E-state index is -0.280. The van der Waals surface area contributed by atoms with Gasteiger partial charge >= 0.3 is 0 Å². The SMILES string of the molecule is COc1ccc2c(Cl)c(C(=O)Nc3ccc(OC)c(OC)c3)sc2c1. The number of hydrogen-bond acceptors (Lipinski definition) is 5. The number of rotatable bonds is 5. The summed E-state index contributed by atoms with van der Waals surface area (Å²) in [4.78, 5) is 13.1. The summed E-state index contributed by atoms with van der Waals surface area (Å²) in [5.41, 5.74) is 0.591. The lowest BCUT2D eigenvalue weighted by molar-refractivity contribution is 0.103. The fourth-order valence-electron chi connectivity index (χ4n) is 2.42. The van der Waals surface area contributed by atoms with Crippen LogP contribution in [0.15, 0.2) is 36.4 Å². The molecule has 0 aliphatic rings. The topological polar surface area (TPSA) is 56.8 Å². The fourth-order valence-corrected chi connectivity index (χ4v) is 3.86. The summed E-state index contributed by atoms with van der Waals surface area (Å²) in [6.45, 7) is 0. The summed E-state index contributed by atoms with van der Waals surface area (Å²) >= 11 is 7.70. The summed E-state index contributed by atoms with van der Waals surface area (Å²) in [5.74, 6) is 1.56. The van der Waals surface area contributed by atoms with Crippen LogP contribution < -0.4 is 19.5 Å². The molecule has 0 spiro atoms. The number of benzene rings is 2. The van der Waals surface area contributed by atoms with E-state index in [2.05, 4.69) is 5.32 Å². The molecule has 0 aliphatic heterocycles. The van der Waals surface area contributed by atoms with Crippen molar-refractivity contribution in [1.82, 2.24) is 0 Å². The first-order chi connectivity index (χ1) is 12.1. The number of anilines is 1. The van der Waals surface area contributed by atoms with Gasteiger partial charge in [0.15, 0.2) is 11.5 Å². The molecular formula is C18H16ClNO4S. The second kappa shape index (κ2) is 7.21. The van der Waals surface area contributed by atoms with Crippen LogP contribution in [0.2, 0.25) is 5.02 Å². The van der Waals surface area contributed by atoms with Crippen molar-refractivity contribution in [3.05, 3.63) is 46.3 Å². The third-order valence-electron chi connectivity index (χ3n) is 3.68. The maximum atomic E-state index is 12.6. The molecule has 0 radical (unpaired) electrons. The normalized spacial score (nSPS) is 10.6. The Morgan fingerprint density at radius 3 is 2.44 bits per heavy atom. The number of methoxy groups -OCH3 is 3. The number of thiophene rings is 1. The van der Waals surface area contributed by atoms with E-state index in [1.807, 2.05) is 18.2 Å². The third-order valence-corrected chi connectivity index (χ3v) is 5.34. The highest BCUT2D eigenvalue weighted by molar-refractivity contribution is 7.21. The summed E-state index contributed by atoms with van der Waals surface area (Å²) in [7, 11) is 4.70. The molecule has 1 N–H and O–H groups in total. The lowest BCUT2D eigenvalue weighted by Gasteiger charge is -2.10. The van der Waals surface area contributed by atoms with Crippen LogP contribution in [0.3, 0.4) is 0 Å². The number of fused-ring (bicyclic) bond motifs is 1. The molecule has 2 aromatic carbocycles. The van der Waals surface area contributed by atoms with Crippen LogP contribution in [-0.4, -0.2) is 27.2 Å². The highest BCUT2D eigenvalue weighted by atomic mass is 35.5. The minimum Gasteiger partial charge on any atom is -0.497 e. The van der Waals surface area contributed by atoms with E-state index >= 15 is 0 Å². The number of nitrogens with one attached hydrogen (secondary N) is 1. The van der Waals surface area contributed by atoms with Gasteiger partial charge < -0.3 is 19.5 Å². The van der Waals surface area contributed by atoms with Crippen LogP contribution in [0.5, 0.6) is 17.2 Å². The molecule has 0 aliphatic carbocycles. The standard InChI is InChI=1S/C18H16ClNO4S/c1-22-11-5-6-12-15(9-11)25-17(16(12)19)18(21)20-10-4-7-13(23-2)14(8-10)24-3/h4-9H,1-3H3,(H,20,21). The molecule has 0 bridgehead atoms. The zero-order valence-electron chi connectivity index (χ0n) is 13.9. The number of carbonyl (C=O) groups is 1. The Bertz CT molecular complexity index is 938. The van der Waals surface area contributed by atoms with Crippen LogP contribution in [0.25, 0.3) is 10.1 Å². The number of ether oxygens (including phenoxy) is 3.